The quantitative estimate of drug-likeness (QED) is 0.216. The van der Waals surface area contributed by atoms with Gasteiger partial charge in [-0.1, -0.05) is 99.9 Å². The Morgan fingerprint density at radius 3 is 2.00 bits per heavy atom. The second kappa shape index (κ2) is 11.1. The molecule has 0 N–H and O–H groups in total. The van der Waals surface area contributed by atoms with Gasteiger partial charge < -0.3 is 0 Å². The lowest BCUT2D eigenvalue weighted by atomic mass is 9.51. The van der Waals surface area contributed by atoms with Crippen molar-refractivity contribution in [2.24, 2.45) is 28.6 Å². The van der Waals surface area contributed by atoms with E-state index in [2.05, 4.69) is 22.9 Å². The Bertz CT molecular complexity index is 472. The van der Waals surface area contributed by atoms with Gasteiger partial charge in [0.25, 0.3) is 0 Å². The SMILES string of the molecule is CCCCCC12CCC(C(Br)CCC[C@H]3CC[C@H](C4CCCCC4)CC3)(CC1)CC2. The third kappa shape index (κ3) is 5.69. The molecule has 1 unspecified atom stereocenters. The second-order valence-corrected chi connectivity index (χ2v) is 13.5. The fourth-order valence-corrected chi connectivity index (χ4v) is 9.34. The van der Waals surface area contributed by atoms with Gasteiger partial charge in [-0.25, -0.2) is 0 Å². The van der Waals surface area contributed by atoms with Gasteiger partial charge in [0.2, 0.25) is 0 Å². The number of alkyl halides is 1. The van der Waals surface area contributed by atoms with Gasteiger partial charge in [-0.2, -0.15) is 0 Å². The van der Waals surface area contributed by atoms with Crippen LogP contribution in [0, 0.1) is 28.6 Å². The summed E-state index contributed by atoms with van der Waals surface area (Å²) < 4.78 is 0. The molecule has 5 aliphatic carbocycles. The van der Waals surface area contributed by atoms with Crippen LogP contribution in [0.3, 0.4) is 0 Å². The Balaban J connectivity index is 1.14. The molecule has 0 heterocycles. The predicted molar refractivity (Wildman–Crippen MR) is 135 cm³/mol. The van der Waals surface area contributed by atoms with Crippen LogP contribution in [-0.2, 0) is 0 Å². The number of halogens is 1. The first-order valence-electron chi connectivity index (χ1n) is 14.3. The Labute approximate surface area is 197 Å². The van der Waals surface area contributed by atoms with Crippen LogP contribution in [0.4, 0.5) is 0 Å². The molecule has 1 heteroatoms. The van der Waals surface area contributed by atoms with E-state index in [1.165, 1.54) is 83.5 Å². The van der Waals surface area contributed by atoms with Crippen LogP contribution in [0.1, 0.15) is 148 Å². The van der Waals surface area contributed by atoms with Crippen molar-refractivity contribution < 1.29 is 0 Å². The summed E-state index contributed by atoms with van der Waals surface area (Å²) in [6.45, 7) is 2.35. The molecule has 0 radical (unpaired) electrons. The van der Waals surface area contributed by atoms with Crippen molar-refractivity contribution in [2.45, 2.75) is 153 Å². The molecule has 0 amide bonds. The minimum Gasteiger partial charge on any atom is -0.0885 e. The number of rotatable bonds is 10. The molecule has 0 spiro atoms. The van der Waals surface area contributed by atoms with Gasteiger partial charge >= 0.3 is 0 Å². The minimum atomic E-state index is 0.672. The van der Waals surface area contributed by atoms with Crippen molar-refractivity contribution in [1.82, 2.24) is 0 Å². The first-order chi connectivity index (χ1) is 14.6. The summed E-state index contributed by atoms with van der Waals surface area (Å²) in [5, 5.41) is 0. The Morgan fingerprint density at radius 1 is 0.733 bits per heavy atom. The number of hydrogen-bond acceptors (Lipinski definition) is 0. The van der Waals surface area contributed by atoms with E-state index >= 15 is 0 Å². The zero-order chi connectivity index (χ0) is 20.9. The van der Waals surface area contributed by atoms with E-state index in [1.54, 1.807) is 57.8 Å². The largest absolute Gasteiger partial charge is 0.0885 e. The lowest BCUT2D eigenvalue weighted by Gasteiger charge is -2.56. The average Bonchev–Trinajstić information content (AvgIpc) is 2.81. The smallest absolute Gasteiger partial charge is 0.0202 e. The molecule has 0 aliphatic heterocycles. The zero-order valence-corrected chi connectivity index (χ0v) is 21.8. The second-order valence-electron chi connectivity index (χ2n) is 12.4. The van der Waals surface area contributed by atoms with Crippen molar-refractivity contribution in [3.63, 3.8) is 0 Å². The topological polar surface area (TPSA) is 0 Å². The fourth-order valence-electron chi connectivity index (χ4n) is 8.33. The monoisotopic (exact) mass is 478 g/mol. The minimum absolute atomic E-state index is 0.672. The summed E-state index contributed by atoms with van der Waals surface area (Å²) in [5.41, 5.74) is 1.44. The van der Waals surface area contributed by atoms with Gasteiger partial charge in [-0.15, -0.1) is 0 Å². The third-order valence-corrected chi connectivity index (χ3v) is 12.1. The summed E-state index contributed by atoms with van der Waals surface area (Å²) in [6, 6.07) is 0. The molecular weight excluding hydrogens is 428 g/mol. The summed E-state index contributed by atoms with van der Waals surface area (Å²) in [4.78, 5) is 0.803. The van der Waals surface area contributed by atoms with E-state index in [-0.39, 0.29) is 0 Å². The highest BCUT2D eigenvalue weighted by atomic mass is 79.9. The van der Waals surface area contributed by atoms with Crippen molar-refractivity contribution in [1.29, 1.82) is 0 Å². The molecule has 0 aromatic heterocycles. The average molecular weight is 480 g/mol. The molecule has 5 rings (SSSR count). The Hall–Kier alpha value is 0.480. The molecule has 0 nitrogen and oxygen atoms in total. The molecule has 5 saturated carbocycles. The maximum Gasteiger partial charge on any atom is 0.0202 e. The molecule has 5 fully saturated rings. The van der Waals surface area contributed by atoms with Gasteiger partial charge in [0.15, 0.2) is 0 Å². The summed E-state index contributed by atoms with van der Waals surface area (Å²) in [7, 11) is 0. The van der Waals surface area contributed by atoms with Crippen LogP contribution >= 0.6 is 15.9 Å². The van der Waals surface area contributed by atoms with Gasteiger partial charge in [0.1, 0.15) is 0 Å². The van der Waals surface area contributed by atoms with Crippen LogP contribution in [0.25, 0.3) is 0 Å². The number of unbranched alkanes of at least 4 members (excludes halogenated alkanes) is 2. The molecule has 0 aromatic rings. The van der Waals surface area contributed by atoms with Gasteiger partial charge in [0.05, 0.1) is 0 Å². The van der Waals surface area contributed by atoms with E-state index in [4.69, 9.17) is 0 Å². The van der Waals surface area contributed by atoms with Crippen LogP contribution < -0.4 is 0 Å². The van der Waals surface area contributed by atoms with Crippen molar-refractivity contribution in [2.75, 3.05) is 0 Å². The molecule has 5 aliphatic rings. The normalized spacial score (nSPS) is 38.6. The summed E-state index contributed by atoms with van der Waals surface area (Å²) in [5.74, 6) is 3.27. The highest BCUT2D eigenvalue weighted by molar-refractivity contribution is 9.09. The van der Waals surface area contributed by atoms with E-state index in [9.17, 15) is 0 Å². The van der Waals surface area contributed by atoms with Gasteiger partial charge in [0, 0.05) is 4.83 Å². The van der Waals surface area contributed by atoms with Crippen molar-refractivity contribution in [3.05, 3.63) is 0 Å². The van der Waals surface area contributed by atoms with Crippen LogP contribution in [0.2, 0.25) is 0 Å². The zero-order valence-electron chi connectivity index (χ0n) is 20.2. The highest BCUT2D eigenvalue weighted by Gasteiger charge is 2.50. The molecular formula is C29H51Br. The summed E-state index contributed by atoms with van der Waals surface area (Å²) >= 11 is 4.25. The van der Waals surface area contributed by atoms with Crippen LogP contribution in [0.5, 0.6) is 0 Å². The lowest BCUT2D eigenvalue weighted by Crippen LogP contribution is -2.46. The van der Waals surface area contributed by atoms with Crippen molar-refractivity contribution >= 4 is 15.9 Å². The molecule has 0 aromatic carbocycles. The van der Waals surface area contributed by atoms with Crippen LogP contribution in [0.15, 0.2) is 0 Å². The van der Waals surface area contributed by atoms with E-state index in [0.29, 0.717) is 5.41 Å². The Morgan fingerprint density at radius 2 is 1.37 bits per heavy atom. The molecule has 0 saturated heterocycles. The highest BCUT2D eigenvalue weighted by Crippen LogP contribution is 2.61. The van der Waals surface area contributed by atoms with Crippen LogP contribution in [-0.4, -0.2) is 4.83 Å². The molecule has 30 heavy (non-hydrogen) atoms. The standard InChI is InChI=1S/C29H51Br/c1-2-3-7-17-28-18-21-29(22-19-28,23-20-28)27(30)12-8-9-24-13-15-26(16-14-24)25-10-5-4-6-11-25/h24-27H,2-23H2,1H3/t24-,26-,27?,28?,29?. The summed E-state index contributed by atoms with van der Waals surface area (Å²) in [6.07, 6.45) is 33.5. The predicted octanol–water partition coefficient (Wildman–Crippen LogP) is 10.2. The first kappa shape index (κ1) is 23.6. The van der Waals surface area contributed by atoms with E-state index in [1.807, 2.05) is 0 Å². The molecule has 1 atom stereocenters. The van der Waals surface area contributed by atoms with Crippen molar-refractivity contribution in [3.8, 4) is 0 Å². The maximum atomic E-state index is 4.25. The lowest BCUT2D eigenvalue weighted by molar-refractivity contribution is -0.0171. The van der Waals surface area contributed by atoms with Gasteiger partial charge in [-0.3, -0.25) is 0 Å². The maximum absolute atomic E-state index is 4.25. The fraction of sp³-hybridized carbons (Fsp3) is 1.00. The van der Waals surface area contributed by atoms with Gasteiger partial charge in [-0.05, 0) is 92.8 Å². The molecule has 2 bridgehead atoms. The number of fused-ring (bicyclic) bond motifs is 3. The molecule has 174 valence electrons. The van der Waals surface area contributed by atoms with E-state index < -0.39 is 0 Å². The number of hydrogen-bond donors (Lipinski definition) is 0. The Kier molecular flexibility index (Phi) is 8.72. The first-order valence-corrected chi connectivity index (χ1v) is 15.2. The third-order valence-electron chi connectivity index (χ3n) is 10.7. The van der Waals surface area contributed by atoms with E-state index in [0.717, 1.165) is 28.0 Å².